The number of aromatic nitrogens is 1. The number of amides is 1. The Balaban J connectivity index is 1.85. The number of benzene rings is 2. The van der Waals surface area contributed by atoms with Crippen LogP contribution < -0.4 is 5.32 Å². The Bertz CT molecular complexity index is 807. The third-order valence-corrected chi connectivity index (χ3v) is 4.21. The molecule has 3 rings (SSSR count). The molecule has 1 amide bonds. The summed E-state index contributed by atoms with van der Waals surface area (Å²) in [5.41, 5.74) is 4.23. The van der Waals surface area contributed by atoms with Gasteiger partial charge in [0.25, 0.3) is 0 Å². The molecule has 0 bridgehead atoms. The van der Waals surface area contributed by atoms with Gasteiger partial charge in [0.2, 0.25) is 5.91 Å². The second kappa shape index (κ2) is 7.18. The molecule has 3 heteroatoms. The van der Waals surface area contributed by atoms with Crippen molar-refractivity contribution < 1.29 is 4.79 Å². The van der Waals surface area contributed by atoms with E-state index in [2.05, 4.69) is 23.5 Å². The van der Waals surface area contributed by atoms with E-state index in [0.29, 0.717) is 6.42 Å². The van der Waals surface area contributed by atoms with E-state index in [0.717, 1.165) is 22.4 Å². The number of nitrogens with one attached hydrogen (secondary N) is 1. The standard InChI is InChI=1S/C21H22N2O/c1-16-10-11-17(2)19(14-16)22-21(24)20(23-12-6-7-13-23)15-18-8-4-3-5-9-18/h3-14,20H,15H2,1-2H3,(H,22,24). The molecule has 1 N–H and O–H groups in total. The Hall–Kier alpha value is -2.81. The van der Waals surface area contributed by atoms with Crippen LogP contribution in [0.4, 0.5) is 5.69 Å². The number of anilines is 1. The van der Waals surface area contributed by atoms with E-state index in [4.69, 9.17) is 0 Å². The van der Waals surface area contributed by atoms with Gasteiger partial charge >= 0.3 is 0 Å². The topological polar surface area (TPSA) is 34.0 Å². The predicted octanol–water partition coefficient (Wildman–Crippen LogP) is 4.53. The lowest BCUT2D eigenvalue weighted by Crippen LogP contribution is -2.27. The van der Waals surface area contributed by atoms with Gasteiger partial charge in [-0.1, -0.05) is 42.5 Å². The van der Waals surface area contributed by atoms with Crippen LogP contribution in [0.15, 0.2) is 73.1 Å². The zero-order valence-corrected chi connectivity index (χ0v) is 14.1. The van der Waals surface area contributed by atoms with E-state index in [1.54, 1.807) is 0 Å². The molecule has 0 aliphatic carbocycles. The SMILES string of the molecule is Cc1ccc(C)c(NC(=O)C(Cc2ccccc2)n2cccc2)c1. The van der Waals surface area contributed by atoms with Crippen LogP contribution in [0.2, 0.25) is 0 Å². The molecular weight excluding hydrogens is 296 g/mol. The first-order chi connectivity index (χ1) is 11.6. The van der Waals surface area contributed by atoms with Crippen molar-refractivity contribution in [2.24, 2.45) is 0 Å². The van der Waals surface area contributed by atoms with E-state index >= 15 is 0 Å². The van der Waals surface area contributed by atoms with E-state index in [9.17, 15) is 4.79 Å². The van der Waals surface area contributed by atoms with Crippen LogP contribution >= 0.6 is 0 Å². The van der Waals surface area contributed by atoms with Crippen molar-refractivity contribution >= 4 is 11.6 Å². The minimum atomic E-state index is -0.276. The van der Waals surface area contributed by atoms with Gasteiger partial charge in [0.1, 0.15) is 6.04 Å². The Morgan fingerprint density at radius 1 is 1.00 bits per heavy atom. The van der Waals surface area contributed by atoms with Gasteiger partial charge in [-0.2, -0.15) is 0 Å². The van der Waals surface area contributed by atoms with Gasteiger partial charge in [-0.3, -0.25) is 4.79 Å². The summed E-state index contributed by atoms with van der Waals surface area (Å²) >= 11 is 0. The average molecular weight is 318 g/mol. The molecule has 0 aliphatic rings. The summed E-state index contributed by atoms with van der Waals surface area (Å²) in [6, 6.07) is 19.8. The zero-order valence-electron chi connectivity index (χ0n) is 14.1. The van der Waals surface area contributed by atoms with Crippen molar-refractivity contribution in [1.29, 1.82) is 0 Å². The molecule has 1 aromatic heterocycles. The molecule has 1 atom stereocenters. The van der Waals surface area contributed by atoms with E-state index in [1.807, 2.05) is 73.3 Å². The summed E-state index contributed by atoms with van der Waals surface area (Å²) in [4.78, 5) is 12.9. The molecule has 0 radical (unpaired) electrons. The monoisotopic (exact) mass is 318 g/mol. The van der Waals surface area contributed by atoms with Crippen molar-refractivity contribution in [2.75, 3.05) is 5.32 Å². The van der Waals surface area contributed by atoms with Crippen LogP contribution in [0.1, 0.15) is 22.7 Å². The molecule has 3 aromatic rings. The summed E-state index contributed by atoms with van der Waals surface area (Å²) in [6.07, 6.45) is 4.54. The van der Waals surface area contributed by atoms with Gasteiger partial charge in [-0.05, 0) is 48.7 Å². The van der Waals surface area contributed by atoms with E-state index in [-0.39, 0.29) is 11.9 Å². The molecule has 1 unspecified atom stereocenters. The number of hydrogen-bond donors (Lipinski definition) is 1. The van der Waals surface area contributed by atoms with Gasteiger partial charge in [0.05, 0.1) is 0 Å². The van der Waals surface area contributed by atoms with Gasteiger partial charge in [0, 0.05) is 24.5 Å². The molecule has 0 aliphatic heterocycles. The number of carbonyl (C=O) groups is 1. The number of carbonyl (C=O) groups excluding carboxylic acids is 1. The predicted molar refractivity (Wildman–Crippen MR) is 98.2 cm³/mol. The van der Waals surface area contributed by atoms with Crippen molar-refractivity contribution in [3.8, 4) is 0 Å². The lowest BCUT2D eigenvalue weighted by atomic mass is 10.0. The number of nitrogens with zero attached hydrogens (tertiary/aromatic N) is 1. The van der Waals surface area contributed by atoms with Crippen LogP contribution in [-0.4, -0.2) is 10.5 Å². The van der Waals surface area contributed by atoms with Crippen molar-refractivity contribution in [3.05, 3.63) is 89.7 Å². The minimum absolute atomic E-state index is 0.00348. The third kappa shape index (κ3) is 3.74. The highest BCUT2D eigenvalue weighted by molar-refractivity contribution is 5.94. The highest BCUT2D eigenvalue weighted by Gasteiger charge is 2.20. The molecular formula is C21H22N2O. The first-order valence-electron chi connectivity index (χ1n) is 8.18. The first kappa shape index (κ1) is 16.1. The molecule has 0 saturated carbocycles. The van der Waals surface area contributed by atoms with Crippen LogP contribution in [0.3, 0.4) is 0 Å². The fraction of sp³-hybridized carbons (Fsp3) is 0.190. The largest absolute Gasteiger partial charge is 0.342 e. The normalized spacial score (nSPS) is 11.9. The maximum Gasteiger partial charge on any atom is 0.247 e. The second-order valence-corrected chi connectivity index (χ2v) is 6.14. The fourth-order valence-electron chi connectivity index (χ4n) is 2.81. The summed E-state index contributed by atoms with van der Waals surface area (Å²) in [5, 5.41) is 3.10. The first-order valence-corrected chi connectivity index (χ1v) is 8.18. The van der Waals surface area contributed by atoms with Gasteiger partial charge < -0.3 is 9.88 Å². The Morgan fingerprint density at radius 2 is 1.71 bits per heavy atom. The van der Waals surface area contributed by atoms with Crippen LogP contribution in [-0.2, 0) is 11.2 Å². The van der Waals surface area contributed by atoms with Crippen molar-refractivity contribution in [1.82, 2.24) is 4.57 Å². The van der Waals surface area contributed by atoms with Gasteiger partial charge in [0.15, 0.2) is 0 Å². The lowest BCUT2D eigenvalue weighted by molar-refractivity contribution is -0.119. The number of aryl methyl sites for hydroxylation is 2. The van der Waals surface area contributed by atoms with Gasteiger partial charge in [-0.15, -0.1) is 0 Å². The molecule has 24 heavy (non-hydrogen) atoms. The van der Waals surface area contributed by atoms with Gasteiger partial charge in [-0.25, -0.2) is 0 Å². The third-order valence-electron chi connectivity index (χ3n) is 4.21. The van der Waals surface area contributed by atoms with E-state index in [1.165, 1.54) is 0 Å². The fourth-order valence-corrected chi connectivity index (χ4v) is 2.81. The van der Waals surface area contributed by atoms with Crippen LogP contribution in [0, 0.1) is 13.8 Å². The van der Waals surface area contributed by atoms with Crippen molar-refractivity contribution in [3.63, 3.8) is 0 Å². The Morgan fingerprint density at radius 3 is 2.42 bits per heavy atom. The lowest BCUT2D eigenvalue weighted by Gasteiger charge is -2.20. The Kier molecular flexibility index (Phi) is 4.80. The molecule has 3 nitrogen and oxygen atoms in total. The summed E-state index contributed by atoms with van der Waals surface area (Å²) in [6.45, 7) is 4.04. The number of hydrogen-bond acceptors (Lipinski definition) is 1. The van der Waals surface area contributed by atoms with Crippen LogP contribution in [0.5, 0.6) is 0 Å². The molecule has 122 valence electrons. The number of rotatable bonds is 5. The van der Waals surface area contributed by atoms with E-state index < -0.39 is 0 Å². The molecule has 0 saturated heterocycles. The molecule has 0 spiro atoms. The van der Waals surface area contributed by atoms with Crippen LogP contribution in [0.25, 0.3) is 0 Å². The highest BCUT2D eigenvalue weighted by Crippen LogP contribution is 2.21. The molecule has 1 heterocycles. The summed E-state index contributed by atoms with van der Waals surface area (Å²) in [7, 11) is 0. The Labute approximate surface area is 143 Å². The average Bonchev–Trinajstić information content (AvgIpc) is 3.11. The zero-order chi connectivity index (χ0) is 16.9. The maximum absolute atomic E-state index is 12.9. The highest BCUT2D eigenvalue weighted by atomic mass is 16.2. The minimum Gasteiger partial charge on any atom is -0.342 e. The summed E-state index contributed by atoms with van der Waals surface area (Å²) in [5.74, 6) is 0.00348. The molecule has 2 aromatic carbocycles. The maximum atomic E-state index is 12.9. The summed E-state index contributed by atoms with van der Waals surface area (Å²) < 4.78 is 1.97. The van der Waals surface area contributed by atoms with Crippen molar-refractivity contribution in [2.45, 2.75) is 26.3 Å². The quantitative estimate of drug-likeness (QED) is 0.737. The second-order valence-electron chi connectivity index (χ2n) is 6.14. The molecule has 0 fully saturated rings. The smallest absolute Gasteiger partial charge is 0.247 e.